The lowest BCUT2D eigenvalue weighted by Crippen LogP contribution is -2.20. The van der Waals surface area contributed by atoms with Crippen LogP contribution >= 0.6 is 0 Å². The van der Waals surface area contributed by atoms with E-state index < -0.39 is 0 Å². The predicted molar refractivity (Wildman–Crippen MR) is 60.6 cm³/mol. The van der Waals surface area contributed by atoms with Crippen molar-refractivity contribution >= 4 is 11.9 Å². The molecule has 1 aliphatic heterocycles. The third kappa shape index (κ3) is 1.79. The lowest BCUT2D eigenvalue weighted by atomic mass is 9.98. The van der Waals surface area contributed by atoms with Crippen molar-refractivity contribution in [1.82, 2.24) is 0 Å². The Kier molecular flexibility index (Phi) is 2.53. The van der Waals surface area contributed by atoms with Crippen molar-refractivity contribution in [2.75, 3.05) is 11.6 Å². The van der Waals surface area contributed by atoms with Gasteiger partial charge in [-0.3, -0.25) is 5.01 Å². The third-order valence-corrected chi connectivity index (χ3v) is 2.69. The summed E-state index contributed by atoms with van der Waals surface area (Å²) in [5.41, 5.74) is 1.19. The number of hydrogen-bond acceptors (Lipinski definition) is 2. The van der Waals surface area contributed by atoms with E-state index in [0.29, 0.717) is 11.8 Å². The summed E-state index contributed by atoms with van der Waals surface area (Å²) in [4.78, 5) is 0. The SMILES string of the molecule is CC(C)C1C=NN(c2ccccc2)C1. The van der Waals surface area contributed by atoms with E-state index in [9.17, 15) is 0 Å². The summed E-state index contributed by atoms with van der Waals surface area (Å²) in [5.74, 6) is 1.27. The van der Waals surface area contributed by atoms with Crippen molar-refractivity contribution in [1.29, 1.82) is 0 Å². The molecule has 2 heteroatoms. The molecule has 2 nitrogen and oxygen atoms in total. The number of hydrogen-bond donors (Lipinski definition) is 0. The lowest BCUT2D eigenvalue weighted by molar-refractivity contribution is 0.518. The van der Waals surface area contributed by atoms with Gasteiger partial charge in [0.1, 0.15) is 0 Å². The molecule has 1 atom stereocenters. The molecule has 0 aliphatic carbocycles. The summed E-state index contributed by atoms with van der Waals surface area (Å²) in [6, 6.07) is 10.3. The molecule has 0 N–H and O–H groups in total. The number of benzene rings is 1. The highest BCUT2D eigenvalue weighted by molar-refractivity contribution is 5.68. The maximum absolute atomic E-state index is 4.42. The highest BCUT2D eigenvalue weighted by Gasteiger charge is 2.20. The van der Waals surface area contributed by atoms with Crippen molar-refractivity contribution in [2.45, 2.75) is 13.8 Å². The summed E-state index contributed by atoms with van der Waals surface area (Å²) in [5, 5.41) is 6.49. The van der Waals surface area contributed by atoms with Gasteiger partial charge < -0.3 is 0 Å². The molecule has 0 saturated heterocycles. The monoisotopic (exact) mass is 188 g/mol. The largest absolute Gasteiger partial charge is 0.265 e. The van der Waals surface area contributed by atoms with E-state index in [2.05, 4.69) is 42.3 Å². The molecule has 14 heavy (non-hydrogen) atoms. The van der Waals surface area contributed by atoms with E-state index in [1.54, 1.807) is 0 Å². The van der Waals surface area contributed by atoms with Gasteiger partial charge in [0, 0.05) is 18.7 Å². The second kappa shape index (κ2) is 3.82. The summed E-state index contributed by atoms with van der Waals surface area (Å²) in [7, 11) is 0. The molecule has 1 aromatic carbocycles. The highest BCUT2D eigenvalue weighted by Crippen LogP contribution is 2.22. The number of rotatable bonds is 2. The van der Waals surface area contributed by atoms with Crippen LogP contribution in [0.1, 0.15) is 13.8 Å². The molecule has 0 spiro atoms. The standard InChI is InChI=1S/C12H16N2/c1-10(2)11-8-13-14(9-11)12-6-4-3-5-7-12/h3-8,10-11H,9H2,1-2H3. The van der Waals surface area contributed by atoms with Crippen LogP contribution in [0.25, 0.3) is 0 Å². The van der Waals surface area contributed by atoms with Crippen molar-refractivity contribution in [2.24, 2.45) is 16.9 Å². The minimum absolute atomic E-state index is 0.593. The Bertz CT molecular complexity index is 316. The van der Waals surface area contributed by atoms with Crippen molar-refractivity contribution in [3.63, 3.8) is 0 Å². The van der Waals surface area contributed by atoms with E-state index >= 15 is 0 Å². The molecule has 0 aromatic heterocycles. The first kappa shape index (κ1) is 9.25. The maximum atomic E-state index is 4.42. The summed E-state index contributed by atoms with van der Waals surface area (Å²) < 4.78 is 0. The maximum Gasteiger partial charge on any atom is 0.0594 e. The van der Waals surface area contributed by atoms with Crippen molar-refractivity contribution in [3.05, 3.63) is 30.3 Å². The van der Waals surface area contributed by atoms with Crippen LogP contribution < -0.4 is 5.01 Å². The summed E-state index contributed by atoms with van der Waals surface area (Å²) in [6.45, 7) is 5.50. The van der Waals surface area contributed by atoms with Crippen LogP contribution in [-0.4, -0.2) is 12.8 Å². The van der Waals surface area contributed by atoms with Gasteiger partial charge in [0.05, 0.1) is 5.69 Å². The Labute approximate surface area is 85.2 Å². The van der Waals surface area contributed by atoms with Gasteiger partial charge in [-0.25, -0.2) is 0 Å². The molecule has 2 rings (SSSR count). The van der Waals surface area contributed by atoms with Gasteiger partial charge in [-0.15, -0.1) is 0 Å². The fraction of sp³-hybridized carbons (Fsp3) is 0.417. The average molecular weight is 188 g/mol. The van der Waals surface area contributed by atoms with E-state index in [1.165, 1.54) is 5.69 Å². The predicted octanol–water partition coefficient (Wildman–Crippen LogP) is 2.76. The first-order valence-electron chi connectivity index (χ1n) is 5.14. The zero-order chi connectivity index (χ0) is 9.97. The molecule has 1 aromatic rings. The van der Waals surface area contributed by atoms with Crippen LogP contribution in [0.5, 0.6) is 0 Å². The number of para-hydroxylation sites is 1. The Morgan fingerprint density at radius 1 is 1.29 bits per heavy atom. The molecule has 1 heterocycles. The molecule has 0 bridgehead atoms. The van der Waals surface area contributed by atoms with Crippen LogP contribution in [-0.2, 0) is 0 Å². The summed E-state index contributed by atoms with van der Waals surface area (Å²) >= 11 is 0. The Morgan fingerprint density at radius 2 is 2.00 bits per heavy atom. The quantitative estimate of drug-likeness (QED) is 0.696. The molecule has 1 aliphatic rings. The topological polar surface area (TPSA) is 15.6 Å². The normalized spacial score (nSPS) is 20.8. The van der Waals surface area contributed by atoms with Gasteiger partial charge in [0.15, 0.2) is 0 Å². The van der Waals surface area contributed by atoms with E-state index in [4.69, 9.17) is 0 Å². The van der Waals surface area contributed by atoms with Crippen molar-refractivity contribution < 1.29 is 0 Å². The van der Waals surface area contributed by atoms with Crippen LogP contribution in [0.2, 0.25) is 0 Å². The van der Waals surface area contributed by atoms with Gasteiger partial charge in [-0.1, -0.05) is 32.0 Å². The minimum atomic E-state index is 0.593. The minimum Gasteiger partial charge on any atom is -0.265 e. The van der Waals surface area contributed by atoms with Gasteiger partial charge in [0.25, 0.3) is 0 Å². The Morgan fingerprint density at radius 3 is 2.57 bits per heavy atom. The third-order valence-electron chi connectivity index (χ3n) is 2.69. The van der Waals surface area contributed by atoms with Crippen molar-refractivity contribution in [3.8, 4) is 0 Å². The van der Waals surface area contributed by atoms with E-state index in [1.807, 2.05) is 18.2 Å². The molecule has 0 saturated carbocycles. The first-order valence-corrected chi connectivity index (χ1v) is 5.14. The zero-order valence-corrected chi connectivity index (χ0v) is 8.72. The highest BCUT2D eigenvalue weighted by atomic mass is 15.5. The molecule has 1 unspecified atom stereocenters. The van der Waals surface area contributed by atoms with Gasteiger partial charge >= 0.3 is 0 Å². The van der Waals surface area contributed by atoms with Gasteiger partial charge in [-0.05, 0) is 18.1 Å². The second-order valence-electron chi connectivity index (χ2n) is 4.09. The van der Waals surface area contributed by atoms with Crippen LogP contribution in [0, 0.1) is 11.8 Å². The van der Waals surface area contributed by atoms with Gasteiger partial charge in [-0.2, -0.15) is 5.10 Å². The second-order valence-corrected chi connectivity index (χ2v) is 4.09. The first-order chi connectivity index (χ1) is 6.77. The average Bonchev–Trinajstić information content (AvgIpc) is 2.68. The molecule has 0 amide bonds. The molecule has 0 radical (unpaired) electrons. The fourth-order valence-corrected chi connectivity index (χ4v) is 1.62. The number of hydrazone groups is 1. The van der Waals surface area contributed by atoms with Crippen LogP contribution in [0.4, 0.5) is 5.69 Å². The van der Waals surface area contributed by atoms with E-state index in [-0.39, 0.29) is 0 Å². The lowest BCUT2D eigenvalue weighted by Gasteiger charge is -2.17. The fourth-order valence-electron chi connectivity index (χ4n) is 1.62. The van der Waals surface area contributed by atoms with Gasteiger partial charge in [0.2, 0.25) is 0 Å². The number of anilines is 1. The Hall–Kier alpha value is -1.31. The molecular formula is C12H16N2. The van der Waals surface area contributed by atoms with Crippen LogP contribution in [0.3, 0.4) is 0 Å². The Balaban J connectivity index is 2.08. The zero-order valence-electron chi connectivity index (χ0n) is 8.72. The summed E-state index contributed by atoms with van der Waals surface area (Å²) in [6.07, 6.45) is 2.07. The van der Waals surface area contributed by atoms with Crippen LogP contribution in [0.15, 0.2) is 35.4 Å². The molecule has 74 valence electrons. The molecule has 0 fully saturated rings. The van der Waals surface area contributed by atoms with E-state index in [0.717, 1.165) is 6.54 Å². The smallest absolute Gasteiger partial charge is 0.0594 e. The molecular weight excluding hydrogens is 172 g/mol. The number of nitrogens with zero attached hydrogens (tertiary/aromatic N) is 2.